The van der Waals surface area contributed by atoms with Crippen molar-refractivity contribution in [2.24, 2.45) is 0 Å². The van der Waals surface area contributed by atoms with Crippen LogP contribution in [0.4, 0.5) is 5.69 Å². The SMILES string of the molecule is COc1cc2c(cc1OC)CN(c1cncc(C(=O)NC3CCCCC3)c1)CC2. The van der Waals surface area contributed by atoms with Crippen LogP contribution in [0.1, 0.15) is 53.6 Å². The molecular formula is C23H29N3O3. The maximum absolute atomic E-state index is 12.7. The van der Waals surface area contributed by atoms with E-state index in [-0.39, 0.29) is 5.91 Å². The first-order valence-electron chi connectivity index (χ1n) is 10.4. The van der Waals surface area contributed by atoms with Gasteiger partial charge in [0.25, 0.3) is 5.91 Å². The van der Waals surface area contributed by atoms with Crippen molar-refractivity contribution in [3.05, 3.63) is 47.3 Å². The van der Waals surface area contributed by atoms with Crippen LogP contribution in [0.3, 0.4) is 0 Å². The summed E-state index contributed by atoms with van der Waals surface area (Å²) < 4.78 is 10.9. The number of ether oxygens (including phenoxy) is 2. The van der Waals surface area contributed by atoms with Crippen LogP contribution in [0.2, 0.25) is 0 Å². The summed E-state index contributed by atoms with van der Waals surface area (Å²) in [6, 6.07) is 6.37. The molecule has 1 aromatic carbocycles. The van der Waals surface area contributed by atoms with E-state index in [1.807, 2.05) is 18.3 Å². The van der Waals surface area contributed by atoms with E-state index in [9.17, 15) is 4.79 Å². The molecule has 0 bridgehead atoms. The normalized spacial score (nSPS) is 16.8. The minimum Gasteiger partial charge on any atom is -0.493 e. The van der Waals surface area contributed by atoms with Crippen molar-refractivity contribution >= 4 is 11.6 Å². The number of carbonyl (C=O) groups excluding carboxylic acids is 1. The van der Waals surface area contributed by atoms with Gasteiger partial charge < -0.3 is 19.7 Å². The molecule has 1 amide bonds. The van der Waals surface area contributed by atoms with Gasteiger partial charge in [0, 0.05) is 25.3 Å². The molecule has 1 saturated carbocycles. The summed E-state index contributed by atoms with van der Waals surface area (Å²) in [4.78, 5) is 19.3. The van der Waals surface area contributed by atoms with Gasteiger partial charge in [-0.05, 0) is 48.6 Å². The lowest BCUT2D eigenvalue weighted by Crippen LogP contribution is -2.36. The van der Waals surface area contributed by atoms with Crippen molar-refractivity contribution in [3.8, 4) is 11.5 Å². The van der Waals surface area contributed by atoms with Gasteiger partial charge in [-0.25, -0.2) is 0 Å². The van der Waals surface area contributed by atoms with E-state index < -0.39 is 0 Å². The maximum Gasteiger partial charge on any atom is 0.253 e. The number of fused-ring (bicyclic) bond motifs is 1. The fourth-order valence-electron chi connectivity index (χ4n) is 4.34. The number of aromatic nitrogens is 1. The van der Waals surface area contributed by atoms with E-state index in [4.69, 9.17) is 9.47 Å². The zero-order valence-corrected chi connectivity index (χ0v) is 17.2. The molecule has 29 heavy (non-hydrogen) atoms. The molecule has 1 aromatic heterocycles. The van der Waals surface area contributed by atoms with Gasteiger partial charge in [0.15, 0.2) is 11.5 Å². The molecule has 6 nitrogen and oxygen atoms in total. The molecule has 0 spiro atoms. The number of hydrogen-bond acceptors (Lipinski definition) is 5. The van der Waals surface area contributed by atoms with Gasteiger partial charge in [-0.1, -0.05) is 19.3 Å². The van der Waals surface area contributed by atoms with Crippen LogP contribution in [-0.4, -0.2) is 37.7 Å². The molecule has 6 heteroatoms. The van der Waals surface area contributed by atoms with Crippen LogP contribution >= 0.6 is 0 Å². The second-order valence-corrected chi connectivity index (χ2v) is 7.89. The third kappa shape index (κ3) is 4.31. The lowest BCUT2D eigenvalue weighted by molar-refractivity contribution is 0.0927. The fraction of sp³-hybridized carbons (Fsp3) is 0.478. The molecule has 2 aliphatic rings. The number of amides is 1. The Bertz CT molecular complexity index is 878. The maximum atomic E-state index is 12.7. The standard InChI is InChI=1S/C23H29N3O3/c1-28-21-11-16-8-9-26(15-18(16)12-22(21)29-2)20-10-17(13-24-14-20)23(27)25-19-6-4-3-5-7-19/h10-14,19H,3-9,15H2,1-2H3,(H,25,27). The first kappa shape index (κ1) is 19.6. The number of anilines is 1. The minimum atomic E-state index is -0.0185. The molecule has 1 aliphatic carbocycles. The molecular weight excluding hydrogens is 366 g/mol. The number of pyridine rings is 1. The van der Waals surface area contributed by atoms with Gasteiger partial charge in [-0.2, -0.15) is 0 Å². The van der Waals surface area contributed by atoms with Crippen molar-refractivity contribution in [2.45, 2.75) is 51.1 Å². The first-order chi connectivity index (χ1) is 14.2. The highest BCUT2D eigenvalue weighted by molar-refractivity contribution is 5.95. The second-order valence-electron chi connectivity index (χ2n) is 7.89. The number of carbonyl (C=O) groups is 1. The van der Waals surface area contributed by atoms with Crippen LogP contribution in [-0.2, 0) is 13.0 Å². The molecule has 1 aliphatic heterocycles. The molecule has 0 radical (unpaired) electrons. The number of nitrogens with zero attached hydrogens (tertiary/aromatic N) is 2. The fourth-order valence-corrected chi connectivity index (χ4v) is 4.34. The first-order valence-corrected chi connectivity index (χ1v) is 10.4. The number of hydrogen-bond donors (Lipinski definition) is 1. The highest BCUT2D eigenvalue weighted by Crippen LogP contribution is 2.34. The highest BCUT2D eigenvalue weighted by Gasteiger charge is 2.22. The Labute approximate surface area is 172 Å². The van der Waals surface area contributed by atoms with Crippen LogP contribution in [0.5, 0.6) is 11.5 Å². The smallest absolute Gasteiger partial charge is 0.253 e. The largest absolute Gasteiger partial charge is 0.493 e. The van der Waals surface area contributed by atoms with Crippen molar-refractivity contribution in [3.63, 3.8) is 0 Å². The Balaban J connectivity index is 1.49. The van der Waals surface area contributed by atoms with Gasteiger partial charge in [0.05, 0.1) is 31.7 Å². The number of benzene rings is 1. The average molecular weight is 396 g/mol. The Morgan fingerprint density at radius 1 is 1.03 bits per heavy atom. The molecule has 4 rings (SSSR count). The zero-order chi connectivity index (χ0) is 20.2. The van der Waals surface area contributed by atoms with E-state index >= 15 is 0 Å². The van der Waals surface area contributed by atoms with E-state index in [0.717, 1.165) is 49.5 Å². The molecule has 1 N–H and O–H groups in total. The lowest BCUT2D eigenvalue weighted by Gasteiger charge is -2.31. The Morgan fingerprint density at radius 2 is 1.76 bits per heavy atom. The van der Waals surface area contributed by atoms with Gasteiger partial charge in [0.1, 0.15) is 0 Å². The van der Waals surface area contributed by atoms with Crippen LogP contribution in [0.25, 0.3) is 0 Å². The predicted molar refractivity (Wildman–Crippen MR) is 113 cm³/mol. The molecule has 1 fully saturated rings. The molecule has 2 aromatic rings. The lowest BCUT2D eigenvalue weighted by atomic mass is 9.95. The molecule has 0 unspecified atom stereocenters. The minimum absolute atomic E-state index is 0.0185. The number of methoxy groups -OCH3 is 2. The van der Waals surface area contributed by atoms with E-state index in [1.165, 1.54) is 30.4 Å². The summed E-state index contributed by atoms with van der Waals surface area (Å²) in [6.07, 6.45) is 10.2. The Kier molecular flexibility index (Phi) is 5.88. The van der Waals surface area contributed by atoms with E-state index in [2.05, 4.69) is 21.3 Å². The number of nitrogens with one attached hydrogen (secondary N) is 1. The van der Waals surface area contributed by atoms with Gasteiger partial charge in [-0.3, -0.25) is 9.78 Å². The molecule has 154 valence electrons. The van der Waals surface area contributed by atoms with Gasteiger partial charge in [-0.15, -0.1) is 0 Å². The zero-order valence-electron chi connectivity index (χ0n) is 17.2. The summed E-state index contributed by atoms with van der Waals surface area (Å²) in [5.74, 6) is 1.49. The predicted octanol–water partition coefficient (Wildman–Crippen LogP) is 3.72. The van der Waals surface area contributed by atoms with Crippen molar-refractivity contribution in [2.75, 3.05) is 25.7 Å². The van der Waals surface area contributed by atoms with Crippen molar-refractivity contribution in [1.29, 1.82) is 0 Å². The average Bonchev–Trinajstić information content (AvgIpc) is 2.78. The molecule has 0 atom stereocenters. The summed E-state index contributed by atoms with van der Waals surface area (Å²) in [7, 11) is 3.32. The van der Waals surface area contributed by atoms with Crippen LogP contribution < -0.4 is 19.7 Å². The topological polar surface area (TPSA) is 63.7 Å². The highest BCUT2D eigenvalue weighted by atomic mass is 16.5. The summed E-state index contributed by atoms with van der Waals surface area (Å²) in [5.41, 5.74) is 4.09. The summed E-state index contributed by atoms with van der Waals surface area (Å²) in [5, 5.41) is 3.18. The Morgan fingerprint density at radius 3 is 2.48 bits per heavy atom. The van der Waals surface area contributed by atoms with Crippen molar-refractivity contribution in [1.82, 2.24) is 10.3 Å². The van der Waals surface area contributed by atoms with E-state index in [0.29, 0.717) is 11.6 Å². The van der Waals surface area contributed by atoms with Gasteiger partial charge in [0.2, 0.25) is 0 Å². The monoisotopic (exact) mass is 395 g/mol. The third-order valence-electron chi connectivity index (χ3n) is 6.01. The Hall–Kier alpha value is -2.76. The van der Waals surface area contributed by atoms with Crippen LogP contribution in [0.15, 0.2) is 30.6 Å². The number of rotatable bonds is 5. The summed E-state index contributed by atoms with van der Waals surface area (Å²) in [6.45, 7) is 1.63. The quantitative estimate of drug-likeness (QED) is 0.836. The van der Waals surface area contributed by atoms with E-state index in [1.54, 1.807) is 20.4 Å². The third-order valence-corrected chi connectivity index (χ3v) is 6.01. The second kappa shape index (κ2) is 8.72. The molecule has 2 heterocycles. The van der Waals surface area contributed by atoms with Crippen LogP contribution in [0, 0.1) is 0 Å². The van der Waals surface area contributed by atoms with Crippen molar-refractivity contribution < 1.29 is 14.3 Å². The summed E-state index contributed by atoms with van der Waals surface area (Å²) >= 11 is 0. The molecule has 0 saturated heterocycles. The van der Waals surface area contributed by atoms with Gasteiger partial charge >= 0.3 is 0 Å².